The molecule has 5 atom stereocenters. The topological polar surface area (TPSA) is 103 Å². The molecule has 1 heterocycles. The fourth-order valence-corrected chi connectivity index (χ4v) is 5.64. The van der Waals surface area contributed by atoms with Crippen molar-refractivity contribution in [2.75, 3.05) is 92.9 Å². The van der Waals surface area contributed by atoms with Gasteiger partial charge in [0.2, 0.25) is 0 Å². The first-order valence-corrected chi connectivity index (χ1v) is 16.0. The SMILES string of the molecule is CN(CC1CCC2OCCOCCOCCOC3CCCCC3OCCOCCOCCOC2C1)C(=O)OC(C)(C)C. The van der Waals surface area contributed by atoms with Gasteiger partial charge in [0, 0.05) is 13.6 Å². The van der Waals surface area contributed by atoms with Crippen LogP contribution in [0.3, 0.4) is 0 Å². The van der Waals surface area contributed by atoms with E-state index in [0.717, 1.165) is 32.1 Å². The first kappa shape index (κ1) is 35.4. The molecule has 246 valence electrons. The van der Waals surface area contributed by atoms with Crippen molar-refractivity contribution >= 4 is 6.09 Å². The Hall–Kier alpha value is -1.05. The van der Waals surface area contributed by atoms with Crippen LogP contribution in [-0.2, 0) is 42.6 Å². The van der Waals surface area contributed by atoms with Gasteiger partial charge in [0.15, 0.2) is 0 Å². The zero-order valence-electron chi connectivity index (χ0n) is 26.6. The van der Waals surface area contributed by atoms with E-state index in [1.165, 1.54) is 12.8 Å². The van der Waals surface area contributed by atoms with Gasteiger partial charge in [-0.25, -0.2) is 4.79 Å². The van der Waals surface area contributed by atoms with Crippen LogP contribution in [0.2, 0.25) is 0 Å². The maximum atomic E-state index is 12.5. The third-order valence-electron chi connectivity index (χ3n) is 7.70. The van der Waals surface area contributed by atoms with Gasteiger partial charge in [0.05, 0.1) is 104 Å². The minimum absolute atomic E-state index is 0.0254. The Morgan fingerprint density at radius 3 is 1.48 bits per heavy atom. The molecule has 0 radical (unpaired) electrons. The lowest BCUT2D eigenvalue weighted by Crippen LogP contribution is -2.43. The summed E-state index contributed by atoms with van der Waals surface area (Å²) in [7, 11) is 1.79. The molecule has 0 spiro atoms. The average molecular weight is 604 g/mol. The molecule has 0 N–H and O–H groups in total. The second-order valence-electron chi connectivity index (χ2n) is 12.4. The Labute approximate surface area is 253 Å². The minimum Gasteiger partial charge on any atom is -0.444 e. The summed E-state index contributed by atoms with van der Waals surface area (Å²) in [6.07, 6.45) is 6.84. The lowest BCUT2D eigenvalue weighted by molar-refractivity contribution is -0.124. The molecule has 0 bridgehead atoms. The molecule has 3 aliphatic rings. The number of carbonyl (C=O) groups excluding carboxylic acids is 1. The van der Waals surface area contributed by atoms with Gasteiger partial charge in [-0.3, -0.25) is 0 Å². The Morgan fingerprint density at radius 1 is 0.619 bits per heavy atom. The van der Waals surface area contributed by atoms with Crippen LogP contribution in [0.25, 0.3) is 0 Å². The first-order valence-electron chi connectivity index (χ1n) is 16.0. The highest BCUT2D eigenvalue weighted by atomic mass is 16.6. The smallest absolute Gasteiger partial charge is 0.410 e. The molecule has 11 heteroatoms. The second-order valence-corrected chi connectivity index (χ2v) is 12.4. The van der Waals surface area contributed by atoms with E-state index in [1.807, 2.05) is 20.8 Å². The van der Waals surface area contributed by atoms with Crippen molar-refractivity contribution < 1.29 is 47.4 Å². The monoisotopic (exact) mass is 603 g/mol. The van der Waals surface area contributed by atoms with Gasteiger partial charge in [-0.2, -0.15) is 0 Å². The Balaban J connectivity index is 1.44. The van der Waals surface area contributed by atoms with Crippen molar-refractivity contribution in [3.63, 3.8) is 0 Å². The van der Waals surface area contributed by atoms with Crippen molar-refractivity contribution in [1.82, 2.24) is 4.90 Å². The maximum Gasteiger partial charge on any atom is 0.410 e. The number of ether oxygens (including phenoxy) is 9. The first-order chi connectivity index (χ1) is 20.3. The number of hydrogen-bond acceptors (Lipinski definition) is 10. The molecule has 3 rings (SSSR count). The van der Waals surface area contributed by atoms with Crippen molar-refractivity contribution in [1.29, 1.82) is 0 Å². The van der Waals surface area contributed by atoms with Gasteiger partial charge >= 0.3 is 6.09 Å². The highest BCUT2D eigenvalue weighted by Gasteiger charge is 2.33. The molecule has 42 heavy (non-hydrogen) atoms. The highest BCUT2D eigenvalue weighted by Crippen LogP contribution is 2.30. The van der Waals surface area contributed by atoms with Crippen LogP contribution < -0.4 is 0 Å². The zero-order valence-corrected chi connectivity index (χ0v) is 26.6. The van der Waals surface area contributed by atoms with E-state index in [4.69, 9.17) is 42.6 Å². The summed E-state index contributed by atoms with van der Waals surface area (Å²) in [5.74, 6) is 0.303. The zero-order chi connectivity index (χ0) is 30.0. The summed E-state index contributed by atoms with van der Waals surface area (Å²) in [6, 6.07) is 0. The van der Waals surface area contributed by atoms with Gasteiger partial charge < -0.3 is 47.5 Å². The van der Waals surface area contributed by atoms with Crippen molar-refractivity contribution in [2.45, 2.75) is 95.7 Å². The summed E-state index contributed by atoms with van der Waals surface area (Å²) < 4.78 is 53.1. The van der Waals surface area contributed by atoms with Crippen LogP contribution in [0, 0.1) is 5.92 Å². The van der Waals surface area contributed by atoms with Gasteiger partial charge in [0.25, 0.3) is 0 Å². The van der Waals surface area contributed by atoms with Gasteiger partial charge in [-0.15, -0.1) is 0 Å². The molecule has 2 aliphatic carbocycles. The molecular formula is C31H57NO10. The number of hydrogen-bond donors (Lipinski definition) is 0. The molecule has 1 amide bonds. The third kappa shape index (κ3) is 14.6. The van der Waals surface area contributed by atoms with E-state index in [0.29, 0.717) is 91.7 Å². The number of fused-ring (bicyclic) bond motifs is 2. The summed E-state index contributed by atoms with van der Waals surface area (Å²) in [5.41, 5.74) is -0.517. The largest absolute Gasteiger partial charge is 0.444 e. The van der Waals surface area contributed by atoms with Crippen LogP contribution in [0.4, 0.5) is 4.79 Å². The summed E-state index contributed by atoms with van der Waals surface area (Å²) in [6.45, 7) is 12.4. The quantitative estimate of drug-likeness (QED) is 0.462. The normalized spacial score (nSPS) is 31.1. The molecule has 1 aliphatic heterocycles. The van der Waals surface area contributed by atoms with Crippen molar-refractivity contribution in [3.05, 3.63) is 0 Å². The van der Waals surface area contributed by atoms with E-state index in [2.05, 4.69) is 0 Å². The molecule has 0 aromatic carbocycles. The van der Waals surface area contributed by atoms with E-state index in [1.54, 1.807) is 11.9 Å². The molecule has 3 fully saturated rings. The third-order valence-corrected chi connectivity index (χ3v) is 7.70. The van der Waals surface area contributed by atoms with Crippen LogP contribution in [-0.4, -0.2) is 134 Å². The van der Waals surface area contributed by atoms with E-state index < -0.39 is 5.60 Å². The molecule has 11 nitrogen and oxygen atoms in total. The second kappa shape index (κ2) is 20.1. The predicted octanol–water partition coefficient (Wildman–Crippen LogP) is 3.85. The number of rotatable bonds is 2. The Bertz CT molecular complexity index is 720. The fraction of sp³-hybridized carbons (Fsp3) is 0.968. The average Bonchev–Trinajstić information content (AvgIpc) is 2.95. The molecule has 1 saturated heterocycles. The molecule has 2 saturated carbocycles. The van der Waals surface area contributed by atoms with Crippen molar-refractivity contribution in [3.8, 4) is 0 Å². The fourth-order valence-electron chi connectivity index (χ4n) is 5.64. The highest BCUT2D eigenvalue weighted by molar-refractivity contribution is 5.67. The lowest BCUT2D eigenvalue weighted by atomic mass is 9.84. The van der Waals surface area contributed by atoms with E-state index in [-0.39, 0.29) is 30.5 Å². The summed E-state index contributed by atoms with van der Waals surface area (Å²) >= 11 is 0. The van der Waals surface area contributed by atoms with Gasteiger partial charge in [-0.05, 0) is 58.8 Å². The van der Waals surface area contributed by atoms with Crippen LogP contribution in [0.5, 0.6) is 0 Å². The van der Waals surface area contributed by atoms with E-state index in [9.17, 15) is 4.79 Å². The standard InChI is InChI=1S/C31H57NO10/c1-31(2,3)42-30(33)32(4)24-25-9-10-28-29(23-25)41-22-18-37-14-13-35-16-20-39-27-8-6-5-7-26(27)38-19-15-34-11-12-36-17-21-40-28/h25-29H,5-24H2,1-4H3. The number of nitrogens with zero attached hydrogens (tertiary/aromatic N) is 1. The van der Waals surface area contributed by atoms with Crippen molar-refractivity contribution in [2.24, 2.45) is 5.92 Å². The molecule has 5 unspecified atom stereocenters. The molecule has 0 aromatic heterocycles. The van der Waals surface area contributed by atoms with Crippen LogP contribution >= 0.6 is 0 Å². The van der Waals surface area contributed by atoms with Gasteiger partial charge in [0.1, 0.15) is 5.60 Å². The predicted molar refractivity (Wildman–Crippen MR) is 157 cm³/mol. The molecular weight excluding hydrogens is 546 g/mol. The van der Waals surface area contributed by atoms with E-state index >= 15 is 0 Å². The maximum absolute atomic E-state index is 12.5. The number of amides is 1. The van der Waals surface area contributed by atoms with Crippen LogP contribution in [0.1, 0.15) is 65.7 Å². The summed E-state index contributed by atoms with van der Waals surface area (Å²) in [4.78, 5) is 14.1. The summed E-state index contributed by atoms with van der Waals surface area (Å²) in [5, 5.41) is 0. The molecule has 0 aromatic rings. The number of carbonyl (C=O) groups is 1. The van der Waals surface area contributed by atoms with Gasteiger partial charge in [-0.1, -0.05) is 12.8 Å². The van der Waals surface area contributed by atoms with Crippen LogP contribution in [0.15, 0.2) is 0 Å². The minimum atomic E-state index is -0.517. The Kier molecular flexibility index (Phi) is 16.9. The lowest BCUT2D eigenvalue weighted by Gasteiger charge is -2.37. The Morgan fingerprint density at radius 2 is 1.02 bits per heavy atom.